The first-order valence-corrected chi connectivity index (χ1v) is 7.14. The number of fused-ring (bicyclic) bond motifs is 1. The molecular formula is C16H19N3O. The summed E-state index contributed by atoms with van der Waals surface area (Å²) in [6, 6.07) is 6.43. The lowest BCUT2D eigenvalue weighted by atomic mass is 9.96. The van der Waals surface area contributed by atoms with Gasteiger partial charge in [-0.15, -0.1) is 0 Å². The van der Waals surface area contributed by atoms with E-state index in [9.17, 15) is 0 Å². The van der Waals surface area contributed by atoms with E-state index in [1.807, 2.05) is 6.20 Å². The van der Waals surface area contributed by atoms with Crippen molar-refractivity contribution in [3.05, 3.63) is 41.2 Å². The minimum absolute atomic E-state index is 0.233. The van der Waals surface area contributed by atoms with Gasteiger partial charge >= 0.3 is 0 Å². The maximum absolute atomic E-state index is 5.72. The number of nitrogens with zero attached hydrogens (tertiary/aromatic N) is 1. The van der Waals surface area contributed by atoms with Crippen molar-refractivity contribution in [3.63, 3.8) is 0 Å². The van der Waals surface area contributed by atoms with Crippen LogP contribution in [0, 0.1) is 5.41 Å². The quantitative estimate of drug-likeness (QED) is 0.881. The third-order valence-corrected chi connectivity index (χ3v) is 4.89. The van der Waals surface area contributed by atoms with Crippen LogP contribution in [-0.2, 0) is 6.42 Å². The van der Waals surface area contributed by atoms with Gasteiger partial charge in [-0.2, -0.15) is 0 Å². The highest BCUT2D eigenvalue weighted by molar-refractivity contribution is 5.51. The number of aromatic nitrogens is 2. The van der Waals surface area contributed by atoms with E-state index >= 15 is 0 Å². The Bertz CT molecular complexity index is 674. The molecule has 1 fully saturated rings. The molecule has 3 N–H and O–H groups in total. The van der Waals surface area contributed by atoms with Crippen LogP contribution in [-0.4, -0.2) is 16.6 Å². The van der Waals surface area contributed by atoms with Gasteiger partial charge < -0.3 is 15.5 Å². The highest BCUT2D eigenvalue weighted by Crippen LogP contribution is 2.70. The summed E-state index contributed by atoms with van der Waals surface area (Å²) in [7, 11) is 0. The molecule has 2 aromatic rings. The minimum Gasteiger partial charge on any atom is -0.493 e. The molecule has 0 amide bonds. The zero-order chi connectivity index (χ0) is 13.9. The third kappa shape index (κ3) is 1.51. The van der Waals surface area contributed by atoms with Crippen molar-refractivity contribution in [2.75, 3.05) is 12.3 Å². The van der Waals surface area contributed by atoms with Crippen molar-refractivity contribution in [3.8, 4) is 5.75 Å². The fourth-order valence-corrected chi connectivity index (χ4v) is 3.85. The Morgan fingerprint density at radius 2 is 2.20 bits per heavy atom. The van der Waals surface area contributed by atoms with Gasteiger partial charge in [-0.1, -0.05) is 26.0 Å². The number of ether oxygens (including phenoxy) is 1. The summed E-state index contributed by atoms with van der Waals surface area (Å²) in [5.41, 5.74) is 9.92. The largest absolute Gasteiger partial charge is 0.493 e. The van der Waals surface area contributed by atoms with Crippen molar-refractivity contribution in [2.24, 2.45) is 5.41 Å². The van der Waals surface area contributed by atoms with Gasteiger partial charge in [0.25, 0.3) is 0 Å². The maximum atomic E-state index is 5.72. The number of anilines is 1. The topological polar surface area (TPSA) is 63.9 Å². The summed E-state index contributed by atoms with van der Waals surface area (Å²) in [4.78, 5) is 7.34. The van der Waals surface area contributed by atoms with Crippen molar-refractivity contribution >= 4 is 5.95 Å². The highest BCUT2D eigenvalue weighted by Gasteiger charge is 2.60. The molecule has 1 saturated carbocycles. The molecule has 4 rings (SSSR count). The molecule has 0 radical (unpaired) electrons. The van der Waals surface area contributed by atoms with Gasteiger partial charge in [0, 0.05) is 23.6 Å². The fourth-order valence-electron chi connectivity index (χ4n) is 3.85. The SMILES string of the molecule is CC1(C)[C@@H](c2cnc(N)[nH]2)[C@@H]1c1cccc2c1CCO2. The molecule has 104 valence electrons. The molecule has 1 aromatic heterocycles. The number of nitrogens with one attached hydrogen (secondary N) is 1. The van der Waals surface area contributed by atoms with E-state index in [2.05, 4.69) is 42.0 Å². The number of hydrogen-bond acceptors (Lipinski definition) is 3. The van der Waals surface area contributed by atoms with Crippen LogP contribution in [0.25, 0.3) is 0 Å². The van der Waals surface area contributed by atoms with Crippen molar-refractivity contribution in [2.45, 2.75) is 32.1 Å². The Labute approximate surface area is 118 Å². The number of rotatable bonds is 2. The predicted molar refractivity (Wildman–Crippen MR) is 77.9 cm³/mol. The van der Waals surface area contributed by atoms with Gasteiger partial charge in [-0.3, -0.25) is 0 Å². The molecule has 2 atom stereocenters. The Morgan fingerprint density at radius 3 is 2.95 bits per heavy atom. The smallest absolute Gasteiger partial charge is 0.197 e. The molecule has 2 heterocycles. The van der Waals surface area contributed by atoms with Crippen LogP contribution >= 0.6 is 0 Å². The molecule has 4 nitrogen and oxygen atoms in total. The number of benzene rings is 1. The minimum atomic E-state index is 0.233. The van der Waals surface area contributed by atoms with E-state index in [4.69, 9.17) is 10.5 Å². The van der Waals surface area contributed by atoms with E-state index in [1.54, 1.807) is 0 Å². The molecule has 0 spiro atoms. The molecular weight excluding hydrogens is 250 g/mol. The van der Waals surface area contributed by atoms with Crippen LogP contribution in [0.3, 0.4) is 0 Å². The van der Waals surface area contributed by atoms with Gasteiger partial charge in [-0.25, -0.2) is 4.98 Å². The zero-order valence-electron chi connectivity index (χ0n) is 11.8. The van der Waals surface area contributed by atoms with Gasteiger partial charge in [0.1, 0.15) is 5.75 Å². The number of H-pyrrole nitrogens is 1. The lowest BCUT2D eigenvalue weighted by Crippen LogP contribution is -1.94. The van der Waals surface area contributed by atoms with E-state index in [0.717, 1.165) is 24.5 Å². The van der Waals surface area contributed by atoms with Crippen molar-refractivity contribution < 1.29 is 4.74 Å². The Hall–Kier alpha value is -1.97. The third-order valence-electron chi connectivity index (χ3n) is 4.89. The van der Waals surface area contributed by atoms with E-state index < -0.39 is 0 Å². The molecule has 1 aliphatic carbocycles. The number of nitrogen functional groups attached to an aromatic ring is 1. The van der Waals surface area contributed by atoms with E-state index in [1.165, 1.54) is 11.1 Å². The molecule has 0 unspecified atom stereocenters. The Balaban J connectivity index is 1.75. The first-order chi connectivity index (χ1) is 9.59. The summed E-state index contributed by atoms with van der Waals surface area (Å²) < 4.78 is 5.69. The molecule has 0 saturated heterocycles. The predicted octanol–water partition coefficient (Wildman–Crippen LogP) is 2.83. The van der Waals surface area contributed by atoms with Gasteiger partial charge in [0.2, 0.25) is 0 Å². The van der Waals surface area contributed by atoms with Crippen LogP contribution in [0.4, 0.5) is 5.95 Å². The Morgan fingerprint density at radius 1 is 1.35 bits per heavy atom. The van der Waals surface area contributed by atoms with Crippen molar-refractivity contribution in [1.29, 1.82) is 0 Å². The van der Waals surface area contributed by atoms with Crippen LogP contribution in [0.15, 0.2) is 24.4 Å². The maximum Gasteiger partial charge on any atom is 0.197 e. The molecule has 1 aromatic carbocycles. The lowest BCUT2D eigenvalue weighted by molar-refractivity contribution is 0.357. The Kier molecular flexibility index (Phi) is 2.23. The molecule has 1 aliphatic heterocycles. The van der Waals surface area contributed by atoms with Crippen LogP contribution in [0.5, 0.6) is 5.75 Å². The van der Waals surface area contributed by atoms with Crippen molar-refractivity contribution in [1.82, 2.24) is 9.97 Å². The summed E-state index contributed by atoms with van der Waals surface area (Å²) >= 11 is 0. The molecule has 4 heteroatoms. The van der Waals surface area contributed by atoms with Crippen LogP contribution < -0.4 is 10.5 Å². The summed E-state index contributed by atoms with van der Waals surface area (Å²) in [5.74, 6) is 2.54. The van der Waals surface area contributed by atoms with Gasteiger partial charge in [0.15, 0.2) is 5.95 Å². The van der Waals surface area contributed by atoms with Crippen LogP contribution in [0.1, 0.15) is 42.5 Å². The standard InChI is InChI=1S/C16H19N3O/c1-16(2)13(14(16)11-8-18-15(17)19-11)10-4-3-5-12-9(10)6-7-20-12/h3-5,8,13-14H,6-7H2,1-2H3,(H3,17,18,19)/t13-,14-/m0/s1. The second-order valence-electron chi connectivity index (χ2n) is 6.42. The fraction of sp³-hybridized carbons (Fsp3) is 0.438. The van der Waals surface area contributed by atoms with Gasteiger partial charge in [-0.05, 0) is 23.0 Å². The average molecular weight is 269 g/mol. The monoisotopic (exact) mass is 269 g/mol. The second kappa shape index (κ2) is 3.78. The number of nitrogens with two attached hydrogens (primary N) is 1. The van der Waals surface area contributed by atoms with E-state index in [0.29, 0.717) is 17.8 Å². The summed E-state index contributed by atoms with van der Waals surface area (Å²) in [6.45, 7) is 5.43. The zero-order valence-corrected chi connectivity index (χ0v) is 11.8. The highest BCUT2D eigenvalue weighted by atomic mass is 16.5. The first kappa shape index (κ1) is 11.8. The number of imidazole rings is 1. The number of hydrogen-bond donors (Lipinski definition) is 2. The molecule has 20 heavy (non-hydrogen) atoms. The van der Waals surface area contributed by atoms with Gasteiger partial charge in [0.05, 0.1) is 12.8 Å². The normalized spacial score (nSPS) is 26.1. The molecule has 2 aliphatic rings. The van der Waals surface area contributed by atoms with E-state index in [-0.39, 0.29) is 5.41 Å². The number of aromatic amines is 1. The summed E-state index contributed by atoms with van der Waals surface area (Å²) in [5, 5.41) is 0. The molecule has 0 bridgehead atoms. The second-order valence-corrected chi connectivity index (χ2v) is 6.42. The summed E-state index contributed by atoms with van der Waals surface area (Å²) in [6.07, 6.45) is 2.90. The van der Waals surface area contributed by atoms with Crippen LogP contribution in [0.2, 0.25) is 0 Å². The first-order valence-electron chi connectivity index (χ1n) is 7.14. The average Bonchev–Trinajstić information content (AvgIpc) is 2.83. The lowest BCUT2D eigenvalue weighted by Gasteiger charge is -2.08.